The van der Waals surface area contributed by atoms with Crippen molar-refractivity contribution in [2.24, 2.45) is 0 Å². The third-order valence-electron chi connectivity index (χ3n) is 7.75. The van der Waals surface area contributed by atoms with E-state index in [4.69, 9.17) is 21.1 Å². The van der Waals surface area contributed by atoms with E-state index in [1.165, 1.54) is 18.2 Å². The topological polar surface area (TPSA) is 114 Å². The third kappa shape index (κ3) is 6.71. The van der Waals surface area contributed by atoms with Gasteiger partial charge >= 0.3 is 5.97 Å². The molecule has 3 aromatic rings. The lowest BCUT2D eigenvalue weighted by molar-refractivity contribution is -0.142. The van der Waals surface area contributed by atoms with Gasteiger partial charge in [-0.05, 0) is 36.5 Å². The van der Waals surface area contributed by atoms with Gasteiger partial charge in [-0.1, -0.05) is 54.1 Å². The number of ether oxygens (including phenoxy) is 2. The fourth-order valence-electron chi connectivity index (χ4n) is 5.28. The van der Waals surface area contributed by atoms with Crippen LogP contribution in [0.25, 0.3) is 11.3 Å². The van der Waals surface area contributed by atoms with Crippen molar-refractivity contribution in [3.8, 4) is 11.3 Å². The number of carbonyl (C=O) groups excluding carboxylic acids is 3. The molecule has 1 unspecified atom stereocenters. The average Bonchev–Trinajstić information content (AvgIpc) is 3.27. The molecule has 0 saturated carbocycles. The fraction of sp³-hybridized carbons (Fsp3) is 0.387. The molecule has 1 fully saturated rings. The second kappa shape index (κ2) is 13.3. The Labute approximate surface area is 250 Å². The lowest BCUT2D eigenvalue weighted by Crippen LogP contribution is -2.41. The molecule has 2 aliphatic heterocycles. The van der Waals surface area contributed by atoms with Crippen molar-refractivity contribution in [1.29, 1.82) is 0 Å². The van der Waals surface area contributed by atoms with E-state index in [0.29, 0.717) is 59.5 Å². The minimum absolute atomic E-state index is 0.0664. The Morgan fingerprint density at radius 3 is 2.67 bits per heavy atom. The number of nitrogens with zero attached hydrogens (tertiary/aromatic N) is 4. The van der Waals surface area contributed by atoms with E-state index < -0.39 is 12.0 Å². The molecule has 220 valence electrons. The predicted molar refractivity (Wildman–Crippen MR) is 158 cm³/mol. The fourth-order valence-corrected chi connectivity index (χ4v) is 5.48. The van der Waals surface area contributed by atoms with Crippen LogP contribution < -0.4 is 5.32 Å². The SMILES string of the molecule is COC(=O)CC1c2ccc(-c3nc(NC4CCOCC4)ncc3Cl)cc2C(=O)N1CC(=O)N(C)CCc1ccccc1. The summed E-state index contributed by atoms with van der Waals surface area (Å²) in [7, 11) is 3.02. The predicted octanol–water partition coefficient (Wildman–Crippen LogP) is 4.15. The van der Waals surface area contributed by atoms with Crippen LogP contribution in [-0.2, 0) is 25.5 Å². The number of esters is 1. The van der Waals surface area contributed by atoms with Gasteiger partial charge in [-0.2, -0.15) is 0 Å². The van der Waals surface area contributed by atoms with E-state index >= 15 is 0 Å². The minimum Gasteiger partial charge on any atom is -0.469 e. The zero-order chi connectivity index (χ0) is 29.6. The molecule has 3 heterocycles. The zero-order valence-corrected chi connectivity index (χ0v) is 24.5. The third-order valence-corrected chi connectivity index (χ3v) is 8.03. The van der Waals surface area contributed by atoms with Crippen LogP contribution >= 0.6 is 11.6 Å². The number of amides is 2. The largest absolute Gasteiger partial charge is 0.469 e. The monoisotopic (exact) mass is 591 g/mol. The average molecular weight is 592 g/mol. The van der Waals surface area contributed by atoms with Crippen LogP contribution in [0.5, 0.6) is 0 Å². The molecule has 2 aliphatic rings. The Balaban J connectivity index is 1.36. The van der Waals surface area contributed by atoms with Crippen LogP contribution in [0.2, 0.25) is 5.02 Å². The van der Waals surface area contributed by atoms with Gasteiger partial charge in [-0.15, -0.1) is 0 Å². The summed E-state index contributed by atoms with van der Waals surface area (Å²) in [5, 5.41) is 3.69. The van der Waals surface area contributed by atoms with Gasteiger partial charge in [0.15, 0.2) is 0 Å². The number of rotatable bonds is 10. The molecule has 0 spiro atoms. The molecule has 2 aromatic carbocycles. The number of nitrogens with one attached hydrogen (secondary N) is 1. The summed E-state index contributed by atoms with van der Waals surface area (Å²) in [4.78, 5) is 51.3. The van der Waals surface area contributed by atoms with Gasteiger partial charge in [0.05, 0.1) is 36.5 Å². The molecule has 0 radical (unpaired) electrons. The van der Waals surface area contributed by atoms with Crippen LogP contribution in [0, 0.1) is 0 Å². The molecule has 42 heavy (non-hydrogen) atoms. The van der Waals surface area contributed by atoms with Gasteiger partial charge in [0.1, 0.15) is 6.54 Å². The molecule has 5 rings (SSSR count). The lowest BCUT2D eigenvalue weighted by atomic mass is 9.98. The normalized spacial score (nSPS) is 16.7. The van der Waals surface area contributed by atoms with Gasteiger partial charge in [-0.3, -0.25) is 14.4 Å². The molecular weight excluding hydrogens is 558 g/mol. The Kier molecular flexibility index (Phi) is 9.34. The van der Waals surface area contributed by atoms with Crippen molar-refractivity contribution in [2.75, 3.05) is 45.8 Å². The smallest absolute Gasteiger partial charge is 0.307 e. The summed E-state index contributed by atoms with van der Waals surface area (Å²) in [5.41, 5.74) is 3.28. The van der Waals surface area contributed by atoms with Crippen LogP contribution in [0.15, 0.2) is 54.7 Å². The van der Waals surface area contributed by atoms with E-state index in [1.54, 1.807) is 24.1 Å². The summed E-state index contributed by atoms with van der Waals surface area (Å²) in [6.45, 7) is 1.70. The van der Waals surface area contributed by atoms with Crippen LogP contribution in [0.4, 0.5) is 5.95 Å². The highest BCUT2D eigenvalue weighted by Gasteiger charge is 2.39. The molecule has 1 aromatic heterocycles. The lowest BCUT2D eigenvalue weighted by Gasteiger charge is -2.26. The number of fused-ring (bicyclic) bond motifs is 1. The highest BCUT2D eigenvalue weighted by molar-refractivity contribution is 6.33. The highest BCUT2D eigenvalue weighted by atomic mass is 35.5. The first kappa shape index (κ1) is 29.5. The van der Waals surface area contributed by atoms with Crippen molar-refractivity contribution in [3.05, 3.63) is 76.4 Å². The van der Waals surface area contributed by atoms with Crippen molar-refractivity contribution in [3.63, 3.8) is 0 Å². The molecule has 1 N–H and O–H groups in total. The Hall–Kier alpha value is -4.02. The summed E-state index contributed by atoms with van der Waals surface area (Å²) in [6, 6.07) is 14.8. The van der Waals surface area contributed by atoms with E-state index in [0.717, 1.165) is 18.4 Å². The summed E-state index contributed by atoms with van der Waals surface area (Å²) in [6.07, 6.45) is 3.87. The molecule has 0 aliphatic carbocycles. The van der Waals surface area contributed by atoms with Crippen molar-refractivity contribution < 1.29 is 23.9 Å². The maximum atomic E-state index is 13.7. The van der Waals surface area contributed by atoms with E-state index in [2.05, 4.69) is 15.3 Å². The Morgan fingerprint density at radius 1 is 1.17 bits per heavy atom. The van der Waals surface area contributed by atoms with Crippen LogP contribution in [0.1, 0.15) is 46.8 Å². The second-order valence-corrected chi connectivity index (χ2v) is 10.9. The van der Waals surface area contributed by atoms with Gasteiger partial charge in [0, 0.05) is 44.0 Å². The Bertz CT molecular complexity index is 1450. The molecule has 1 atom stereocenters. The molecule has 1 saturated heterocycles. The van der Waals surface area contributed by atoms with E-state index in [-0.39, 0.29) is 30.8 Å². The second-order valence-electron chi connectivity index (χ2n) is 10.5. The summed E-state index contributed by atoms with van der Waals surface area (Å²) in [5.74, 6) is -0.578. The molecule has 2 amide bonds. The van der Waals surface area contributed by atoms with Crippen molar-refractivity contribution >= 4 is 35.3 Å². The number of methoxy groups -OCH3 is 1. The molecule has 10 nitrogen and oxygen atoms in total. The number of anilines is 1. The van der Waals surface area contributed by atoms with Crippen molar-refractivity contribution in [1.82, 2.24) is 19.8 Å². The number of carbonyl (C=O) groups is 3. The van der Waals surface area contributed by atoms with E-state index in [1.807, 2.05) is 36.4 Å². The number of hydrogen-bond donors (Lipinski definition) is 1. The van der Waals surface area contributed by atoms with Crippen molar-refractivity contribution in [2.45, 2.75) is 37.8 Å². The first-order valence-electron chi connectivity index (χ1n) is 14.0. The van der Waals surface area contributed by atoms with Gasteiger partial charge in [-0.25, -0.2) is 9.97 Å². The highest BCUT2D eigenvalue weighted by Crippen LogP contribution is 2.39. The quantitative estimate of drug-likeness (QED) is 0.350. The number of aromatic nitrogens is 2. The minimum atomic E-state index is -0.632. The van der Waals surface area contributed by atoms with Gasteiger partial charge in [0.25, 0.3) is 5.91 Å². The molecule has 0 bridgehead atoms. The molecule has 11 heteroatoms. The number of hydrogen-bond acceptors (Lipinski definition) is 8. The standard InChI is InChI=1S/C31H34ClN5O5/c1-36(13-10-20-6-4-3-5-7-20)27(38)19-37-26(17-28(39)41-2)23-9-8-21(16-24(23)30(37)40)29-25(32)18-33-31(35-29)34-22-11-14-42-15-12-22/h3-9,16,18,22,26H,10-15,17,19H2,1-2H3,(H,33,34,35). The maximum Gasteiger partial charge on any atom is 0.307 e. The first-order valence-corrected chi connectivity index (χ1v) is 14.4. The number of likely N-dealkylation sites (N-methyl/N-ethyl adjacent to an activating group) is 1. The van der Waals surface area contributed by atoms with Gasteiger partial charge < -0.3 is 24.6 Å². The first-order chi connectivity index (χ1) is 20.3. The van der Waals surface area contributed by atoms with E-state index in [9.17, 15) is 14.4 Å². The number of halogens is 1. The van der Waals surface area contributed by atoms with Crippen LogP contribution in [-0.4, -0.2) is 84.1 Å². The van der Waals surface area contributed by atoms with Crippen LogP contribution in [0.3, 0.4) is 0 Å². The Morgan fingerprint density at radius 2 is 1.93 bits per heavy atom. The van der Waals surface area contributed by atoms with Gasteiger partial charge in [0.2, 0.25) is 11.9 Å². The zero-order valence-electron chi connectivity index (χ0n) is 23.7. The molecular formula is C31H34ClN5O5. The number of benzene rings is 2. The summed E-state index contributed by atoms with van der Waals surface area (Å²) >= 11 is 6.50. The summed E-state index contributed by atoms with van der Waals surface area (Å²) < 4.78 is 10.3. The maximum absolute atomic E-state index is 13.7.